The van der Waals surface area contributed by atoms with Gasteiger partial charge < -0.3 is 16.0 Å². The van der Waals surface area contributed by atoms with Crippen LogP contribution in [-0.4, -0.2) is 68.4 Å². The molecule has 3 N–H and O–H groups in total. The maximum absolute atomic E-state index is 12.0. The number of sulfonamides is 1. The Bertz CT molecular complexity index is 718. The lowest BCUT2D eigenvalue weighted by molar-refractivity contribution is -0.116. The average Bonchev–Trinajstić information content (AvgIpc) is 2.79. The van der Waals surface area contributed by atoms with Gasteiger partial charge in [0.2, 0.25) is 21.8 Å². The SMILES string of the molecule is CS(=O)(=O)N1CCCN(CCC(=O)Nc2ccc(C(N)=O)cc2)CC1. The Morgan fingerprint density at radius 2 is 1.80 bits per heavy atom. The highest BCUT2D eigenvalue weighted by atomic mass is 32.2. The molecule has 1 aliphatic heterocycles. The number of hydrogen-bond donors (Lipinski definition) is 2. The van der Waals surface area contributed by atoms with Crippen LogP contribution in [-0.2, 0) is 14.8 Å². The second-order valence-corrected chi connectivity index (χ2v) is 8.08. The van der Waals surface area contributed by atoms with Crippen LogP contribution in [0.5, 0.6) is 0 Å². The van der Waals surface area contributed by atoms with E-state index in [0.29, 0.717) is 43.9 Å². The molecule has 1 aromatic rings. The van der Waals surface area contributed by atoms with Crippen molar-refractivity contribution in [3.8, 4) is 0 Å². The summed E-state index contributed by atoms with van der Waals surface area (Å²) < 4.78 is 24.7. The first-order valence-electron chi connectivity index (χ1n) is 8.13. The fourth-order valence-electron chi connectivity index (χ4n) is 2.70. The Morgan fingerprint density at radius 3 is 2.40 bits per heavy atom. The fraction of sp³-hybridized carbons (Fsp3) is 0.500. The number of carbonyl (C=O) groups excluding carboxylic acids is 2. The zero-order valence-corrected chi connectivity index (χ0v) is 15.1. The first-order chi connectivity index (χ1) is 11.8. The highest BCUT2D eigenvalue weighted by Gasteiger charge is 2.21. The van der Waals surface area contributed by atoms with E-state index in [1.54, 1.807) is 24.3 Å². The lowest BCUT2D eigenvalue weighted by Gasteiger charge is -2.20. The molecule has 2 amide bonds. The third-order valence-corrected chi connectivity index (χ3v) is 5.43. The van der Waals surface area contributed by atoms with Gasteiger partial charge in [0, 0.05) is 43.9 Å². The molecule has 1 saturated heterocycles. The second kappa shape index (κ2) is 8.41. The van der Waals surface area contributed by atoms with Gasteiger partial charge in [0.15, 0.2) is 0 Å². The highest BCUT2D eigenvalue weighted by molar-refractivity contribution is 7.88. The van der Waals surface area contributed by atoms with Gasteiger partial charge in [-0.1, -0.05) is 0 Å². The normalized spacial score (nSPS) is 17.0. The number of anilines is 1. The summed E-state index contributed by atoms with van der Waals surface area (Å²) in [5.41, 5.74) is 6.16. The van der Waals surface area contributed by atoms with Gasteiger partial charge >= 0.3 is 0 Å². The summed E-state index contributed by atoms with van der Waals surface area (Å²) in [6, 6.07) is 6.39. The summed E-state index contributed by atoms with van der Waals surface area (Å²) in [7, 11) is -3.16. The van der Waals surface area contributed by atoms with Crippen molar-refractivity contribution in [2.75, 3.05) is 44.3 Å². The van der Waals surface area contributed by atoms with Crippen LogP contribution in [0.3, 0.4) is 0 Å². The molecule has 0 saturated carbocycles. The van der Waals surface area contributed by atoms with Crippen LogP contribution in [0.2, 0.25) is 0 Å². The third kappa shape index (κ3) is 6.11. The smallest absolute Gasteiger partial charge is 0.248 e. The maximum atomic E-state index is 12.0. The molecule has 8 nitrogen and oxygen atoms in total. The van der Waals surface area contributed by atoms with Gasteiger partial charge in [-0.15, -0.1) is 0 Å². The zero-order chi connectivity index (χ0) is 18.4. The Balaban J connectivity index is 1.79. The van der Waals surface area contributed by atoms with Crippen molar-refractivity contribution >= 4 is 27.5 Å². The van der Waals surface area contributed by atoms with Crippen LogP contribution in [0.4, 0.5) is 5.69 Å². The van der Waals surface area contributed by atoms with E-state index in [1.807, 2.05) is 0 Å². The number of primary amides is 1. The number of hydrogen-bond acceptors (Lipinski definition) is 5. The number of carbonyl (C=O) groups is 2. The molecular weight excluding hydrogens is 344 g/mol. The molecule has 138 valence electrons. The minimum Gasteiger partial charge on any atom is -0.366 e. The van der Waals surface area contributed by atoms with Crippen LogP contribution >= 0.6 is 0 Å². The summed E-state index contributed by atoms with van der Waals surface area (Å²) in [6.45, 7) is 2.94. The molecule has 9 heteroatoms. The minimum absolute atomic E-state index is 0.129. The van der Waals surface area contributed by atoms with Crippen molar-refractivity contribution < 1.29 is 18.0 Å². The van der Waals surface area contributed by atoms with Crippen LogP contribution < -0.4 is 11.1 Å². The molecule has 25 heavy (non-hydrogen) atoms. The molecule has 1 fully saturated rings. The average molecular weight is 368 g/mol. The molecule has 1 aromatic carbocycles. The number of benzene rings is 1. The number of rotatable bonds is 6. The van der Waals surface area contributed by atoms with E-state index in [0.717, 1.165) is 13.0 Å². The number of nitrogens with one attached hydrogen (secondary N) is 1. The lowest BCUT2D eigenvalue weighted by atomic mass is 10.2. The maximum Gasteiger partial charge on any atom is 0.248 e. The molecule has 0 radical (unpaired) electrons. The Hall–Kier alpha value is -1.97. The molecule has 0 aliphatic carbocycles. The van der Waals surface area contributed by atoms with Crippen molar-refractivity contribution in [3.63, 3.8) is 0 Å². The van der Waals surface area contributed by atoms with E-state index < -0.39 is 15.9 Å². The standard InChI is InChI=1S/C16H24N4O4S/c1-25(23,24)20-9-2-8-19(11-12-20)10-7-15(21)18-14-5-3-13(4-6-14)16(17)22/h3-6H,2,7-12H2,1H3,(H2,17,22)(H,18,21). The first kappa shape index (κ1) is 19.4. The van der Waals surface area contributed by atoms with E-state index in [-0.39, 0.29) is 5.91 Å². The summed E-state index contributed by atoms with van der Waals surface area (Å²) >= 11 is 0. The van der Waals surface area contributed by atoms with Crippen molar-refractivity contribution in [1.29, 1.82) is 0 Å². The van der Waals surface area contributed by atoms with Gasteiger partial charge in [-0.05, 0) is 37.2 Å². The summed E-state index contributed by atoms with van der Waals surface area (Å²) in [5.74, 6) is -0.641. The van der Waals surface area contributed by atoms with Crippen LogP contribution in [0, 0.1) is 0 Å². The van der Waals surface area contributed by atoms with E-state index in [1.165, 1.54) is 10.6 Å². The van der Waals surface area contributed by atoms with Crippen LogP contribution in [0.15, 0.2) is 24.3 Å². The summed E-state index contributed by atoms with van der Waals surface area (Å²) in [4.78, 5) is 25.2. The lowest BCUT2D eigenvalue weighted by Crippen LogP contribution is -2.35. The molecule has 1 heterocycles. The largest absolute Gasteiger partial charge is 0.366 e. The van der Waals surface area contributed by atoms with Crippen molar-refractivity contribution in [1.82, 2.24) is 9.21 Å². The predicted molar refractivity (Wildman–Crippen MR) is 95.7 cm³/mol. The molecule has 1 aliphatic rings. The van der Waals surface area contributed by atoms with Gasteiger partial charge in [0.1, 0.15) is 0 Å². The van der Waals surface area contributed by atoms with Crippen molar-refractivity contribution in [2.24, 2.45) is 5.73 Å². The summed E-state index contributed by atoms with van der Waals surface area (Å²) in [5, 5.41) is 2.77. The predicted octanol–water partition coefficient (Wildman–Crippen LogP) is 0.0814. The van der Waals surface area contributed by atoms with Gasteiger partial charge in [0.25, 0.3) is 0 Å². The molecular formula is C16H24N4O4S. The number of nitrogens with zero attached hydrogens (tertiary/aromatic N) is 2. The monoisotopic (exact) mass is 368 g/mol. The van der Waals surface area contributed by atoms with E-state index in [9.17, 15) is 18.0 Å². The second-order valence-electron chi connectivity index (χ2n) is 6.10. The quantitative estimate of drug-likeness (QED) is 0.738. The van der Waals surface area contributed by atoms with Crippen molar-refractivity contribution in [3.05, 3.63) is 29.8 Å². The Labute approximate surface area is 148 Å². The fourth-order valence-corrected chi connectivity index (χ4v) is 3.58. The first-order valence-corrected chi connectivity index (χ1v) is 9.98. The van der Waals surface area contributed by atoms with Gasteiger partial charge in [-0.25, -0.2) is 12.7 Å². The molecule has 0 atom stereocenters. The van der Waals surface area contributed by atoms with Gasteiger partial charge in [-0.3, -0.25) is 9.59 Å². The topological polar surface area (TPSA) is 113 Å². The zero-order valence-electron chi connectivity index (χ0n) is 14.3. The van der Waals surface area contributed by atoms with Gasteiger partial charge in [0.05, 0.1) is 6.26 Å². The van der Waals surface area contributed by atoms with Crippen LogP contribution in [0.1, 0.15) is 23.2 Å². The van der Waals surface area contributed by atoms with E-state index in [4.69, 9.17) is 5.73 Å². The highest BCUT2D eigenvalue weighted by Crippen LogP contribution is 2.11. The number of amides is 2. The summed E-state index contributed by atoms with van der Waals surface area (Å²) in [6.07, 6.45) is 2.29. The molecule has 0 spiro atoms. The molecule has 0 aromatic heterocycles. The van der Waals surface area contributed by atoms with E-state index in [2.05, 4.69) is 10.2 Å². The van der Waals surface area contributed by atoms with Crippen LogP contribution in [0.25, 0.3) is 0 Å². The number of nitrogens with two attached hydrogens (primary N) is 1. The Kier molecular flexibility index (Phi) is 6.51. The third-order valence-electron chi connectivity index (χ3n) is 4.12. The van der Waals surface area contributed by atoms with E-state index >= 15 is 0 Å². The van der Waals surface area contributed by atoms with Crippen molar-refractivity contribution in [2.45, 2.75) is 12.8 Å². The molecule has 0 unspecified atom stereocenters. The molecule has 0 bridgehead atoms. The Morgan fingerprint density at radius 1 is 1.12 bits per heavy atom. The minimum atomic E-state index is -3.16. The molecule has 2 rings (SSSR count). The van der Waals surface area contributed by atoms with Gasteiger partial charge in [-0.2, -0.15) is 0 Å².